The van der Waals surface area contributed by atoms with E-state index < -0.39 is 0 Å². The molecule has 1 unspecified atom stereocenters. The molecule has 112 valence electrons. The van der Waals surface area contributed by atoms with Crippen LogP contribution in [0.3, 0.4) is 0 Å². The molecule has 0 bridgehead atoms. The van der Waals surface area contributed by atoms with E-state index in [-0.39, 0.29) is 11.9 Å². The number of hydrogen-bond donors (Lipinski definition) is 2. The number of nitrogens with zero attached hydrogens (tertiary/aromatic N) is 2. The van der Waals surface area contributed by atoms with Crippen LogP contribution in [0.5, 0.6) is 0 Å². The Bertz CT molecular complexity index is 485. The molecule has 0 aliphatic rings. The highest BCUT2D eigenvalue weighted by atomic mass is 32.1. The van der Waals surface area contributed by atoms with Crippen molar-refractivity contribution in [1.82, 2.24) is 15.6 Å². The molecular weight excluding hydrogens is 276 g/mol. The van der Waals surface area contributed by atoms with Crippen LogP contribution in [0, 0.1) is 19.8 Å². The molecule has 0 aromatic carbocycles. The Balaban J connectivity index is 2.45. The van der Waals surface area contributed by atoms with Gasteiger partial charge in [0.15, 0.2) is 5.96 Å². The maximum atomic E-state index is 11.3. The van der Waals surface area contributed by atoms with Crippen LogP contribution in [0.1, 0.15) is 22.5 Å². The minimum atomic E-state index is -0.234. The Morgan fingerprint density at radius 2 is 2.15 bits per heavy atom. The molecule has 1 rings (SSSR count). The van der Waals surface area contributed by atoms with Crippen LogP contribution in [0.4, 0.5) is 0 Å². The molecule has 1 aromatic heterocycles. The number of rotatable bonds is 5. The highest BCUT2D eigenvalue weighted by Gasteiger charge is 2.13. The largest absolute Gasteiger partial charge is 0.469 e. The number of guanidine groups is 1. The molecule has 0 aliphatic heterocycles. The van der Waals surface area contributed by atoms with Gasteiger partial charge in [-0.15, -0.1) is 11.3 Å². The van der Waals surface area contributed by atoms with Gasteiger partial charge < -0.3 is 15.4 Å². The van der Waals surface area contributed by atoms with E-state index in [1.807, 2.05) is 20.8 Å². The quantitative estimate of drug-likeness (QED) is 0.486. The van der Waals surface area contributed by atoms with Crippen LogP contribution < -0.4 is 10.6 Å². The fourth-order valence-corrected chi connectivity index (χ4v) is 2.53. The monoisotopic (exact) mass is 298 g/mol. The van der Waals surface area contributed by atoms with E-state index in [9.17, 15) is 4.79 Å². The van der Waals surface area contributed by atoms with Gasteiger partial charge in [-0.1, -0.05) is 6.92 Å². The summed E-state index contributed by atoms with van der Waals surface area (Å²) in [7, 11) is 3.09. The molecule has 0 fully saturated rings. The first-order valence-electron chi connectivity index (χ1n) is 6.43. The number of aryl methyl sites for hydroxylation is 2. The summed E-state index contributed by atoms with van der Waals surface area (Å²) in [6.07, 6.45) is 0. The highest BCUT2D eigenvalue weighted by Crippen LogP contribution is 2.16. The fraction of sp³-hybridized carbons (Fsp3) is 0.615. The van der Waals surface area contributed by atoms with E-state index in [4.69, 9.17) is 0 Å². The first kappa shape index (κ1) is 16.4. The van der Waals surface area contributed by atoms with Crippen molar-refractivity contribution in [2.45, 2.75) is 27.3 Å². The lowest BCUT2D eigenvalue weighted by Crippen LogP contribution is -2.40. The summed E-state index contributed by atoms with van der Waals surface area (Å²) >= 11 is 1.67. The molecule has 0 aliphatic carbocycles. The number of ether oxygens (including phenoxy) is 1. The second kappa shape index (κ2) is 7.84. The predicted octanol–water partition coefficient (Wildman–Crippen LogP) is 1.23. The van der Waals surface area contributed by atoms with Gasteiger partial charge in [-0.2, -0.15) is 0 Å². The third-order valence-corrected chi connectivity index (χ3v) is 3.89. The third-order valence-electron chi connectivity index (χ3n) is 2.82. The van der Waals surface area contributed by atoms with Crippen molar-refractivity contribution < 1.29 is 9.53 Å². The minimum absolute atomic E-state index is 0.217. The second-order valence-corrected chi connectivity index (χ2v) is 5.76. The van der Waals surface area contributed by atoms with Gasteiger partial charge in [0, 0.05) is 18.5 Å². The van der Waals surface area contributed by atoms with Gasteiger partial charge in [0.05, 0.1) is 30.3 Å². The molecule has 7 heteroatoms. The van der Waals surface area contributed by atoms with Gasteiger partial charge in [-0.25, -0.2) is 4.98 Å². The Kier molecular flexibility index (Phi) is 6.44. The van der Waals surface area contributed by atoms with Crippen molar-refractivity contribution in [3.63, 3.8) is 0 Å². The van der Waals surface area contributed by atoms with E-state index in [1.165, 1.54) is 12.0 Å². The molecule has 20 heavy (non-hydrogen) atoms. The van der Waals surface area contributed by atoms with Gasteiger partial charge in [-0.05, 0) is 13.8 Å². The van der Waals surface area contributed by atoms with Crippen LogP contribution in [-0.4, -0.2) is 37.6 Å². The molecule has 0 amide bonds. The van der Waals surface area contributed by atoms with E-state index >= 15 is 0 Å². The van der Waals surface area contributed by atoms with Gasteiger partial charge in [0.1, 0.15) is 0 Å². The third kappa shape index (κ3) is 4.80. The standard InChI is InChI=1S/C13H22N4O2S/c1-8(12(18)19-5)6-15-13(14-4)16-7-11-9(2)17-10(3)20-11/h8H,6-7H2,1-5H3,(H2,14,15,16). The lowest BCUT2D eigenvalue weighted by molar-refractivity contribution is -0.144. The summed E-state index contributed by atoms with van der Waals surface area (Å²) in [4.78, 5) is 21.0. The molecule has 0 saturated heterocycles. The van der Waals surface area contributed by atoms with E-state index in [2.05, 4.69) is 25.3 Å². The molecule has 0 spiro atoms. The molecule has 6 nitrogen and oxygen atoms in total. The highest BCUT2D eigenvalue weighted by molar-refractivity contribution is 7.11. The number of hydrogen-bond acceptors (Lipinski definition) is 5. The number of carbonyl (C=O) groups excluding carboxylic acids is 1. The van der Waals surface area contributed by atoms with Crippen LogP contribution >= 0.6 is 11.3 Å². The zero-order valence-electron chi connectivity index (χ0n) is 12.6. The van der Waals surface area contributed by atoms with Crippen molar-refractivity contribution >= 4 is 23.3 Å². The van der Waals surface area contributed by atoms with E-state index in [1.54, 1.807) is 18.4 Å². The fourth-order valence-electron chi connectivity index (χ4n) is 1.66. The van der Waals surface area contributed by atoms with E-state index in [0.717, 1.165) is 10.7 Å². The van der Waals surface area contributed by atoms with Crippen molar-refractivity contribution in [2.24, 2.45) is 10.9 Å². The lowest BCUT2D eigenvalue weighted by Gasteiger charge is -2.14. The normalized spacial score (nSPS) is 12.9. The van der Waals surface area contributed by atoms with Gasteiger partial charge in [0.2, 0.25) is 0 Å². The van der Waals surface area contributed by atoms with E-state index in [0.29, 0.717) is 19.0 Å². The summed E-state index contributed by atoms with van der Waals surface area (Å²) in [5.41, 5.74) is 1.04. The maximum absolute atomic E-state index is 11.3. The predicted molar refractivity (Wildman–Crippen MR) is 81.0 cm³/mol. The Morgan fingerprint density at radius 1 is 1.45 bits per heavy atom. The van der Waals surface area contributed by atoms with Crippen LogP contribution in [0.25, 0.3) is 0 Å². The number of methoxy groups -OCH3 is 1. The minimum Gasteiger partial charge on any atom is -0.469 e. The number of aromatic nitrogens is 1. The molecule has 0 saturated carbocycles. The Labute approximate surface area is 123 Å². The topological polar surface area (TPSA) is 75.6 Å². The van der Waals surface area contributed by atoms with Gasteiger partial charge >= 0.3 is 5.97 Å². The zero-order chi connectivity index (χ0) is 15.1. The average molecular weight is 298 g/mol. The number of esters is 1. The first-order valence-corrected chi connectivity index (χ1v) is 7.24. The Hall–Kier alpha value is -1.63. The van der Waals surface area contributed by atoms with Crippen LogP contribution in [0.15, 0.2) is 4.99 Å². The number of carbonyl (C=O) groups is 1. The molecule has 1 heterocycles. The SMILES string of the molecule is CN=C(NCc1sc(C)nc1C)NCC(C)C(=O)OC. The smallest absolute Gasteiger partial charge is 0.310 e. The molecule has 1 aromatic rings. The summed E-state index contributed by atoms with van der Waals surface area (Å²) in [5, 5.41) is 7.37. The van der Waals surface area contributed by atoms with Crippen molar-refractivity contribution in [3.8, 4) is 0 Å². The Morgan fingerprint density at radius 3 is 2.65 bits per heavy atom. The van der Waals surface area contributed by atoms with Gasteiger partial charge in [-0.3, -0.25) is 9.79 Å². The number of nitrogens with one attached hydrogen (secondary N) is 2. The summed E-state index contributed by atoms with van der Waals surface area (Å²) in [5.74, 6) is 0.207. The molecule has 0 radical (unpaired) electrons. The summed E-state index contributed by atoms with van der Waals surface area (Å²) in [6, 6.07) is 0. The van der Waals surface area contributed by atoms with Crippen LogP contribution in [0.2, 0.25) is 0 Å². The summed E-state index contributed by atoms with van der Waals surface area (Å²) in [6.45, 7) is 6.95. The van der Waals surface area contributed by atoms with Crippen molar-refractivity contribution in [3.05, 3.63) is 15.6 Å². The average Bonchev–Trinajstić information content (AvgIpc) is 2.75. The molecular formula is C13H22N4O2S. The van der Waals surface area contributed by atoms with Crippen LogP contribution in [-0.2, 0) is 16.1 Å². The lowest BCUT2D eigenvalue weighted by atomic mass is 10.2. The molecule has 1 atom stereocenters. The second-order valence-electron chi connectivity index (χ2n) is 4.47. The first-order chi connectivity index (χ1) is 9.47. The number of aliphatic imine (C=N–C) groups is 1. The molecule has 2 N–H and O–H groups in total. The van der Waals surface area contributed by atoms with Crippen molar-refractivity contribution in [2.75, 3.05) is 20.7 Å². The van der Waals surface area contributed by atoms with Gasteiger partial charge in [0.25, 0.3) is 0 Å². The summed E-state index contributed by atoms with van der Waals surface area (Å²) < 4.78 is 4.68. The van der Waals surface area contributed by atoms with Crippen molar-refractivity contribution in [1.29, 1.82) is 0 Å². The zero-order valence-corrected chi connectivity index (χ0v) is 13.4. The maximum Gasteiger partial charge on any atom is 0.310 e. The number of thiazole rings is 1.